The Balaban J connectivity index is 1.96. The fourth-order valence-electron chi connectivity index (χ4n) is 3.62. The molecule has 0 bridgehead atoms. The highest BCUT2D eigenvalue weighted by atomic mass is 35.5. The third kappa shape index (κ3) is 8.08. The molecule has 0 saturated carbocycles. The highest BCUT2D eigenvalue weighted by Crippen LogP contribution is 2.31. The van der Waals surface area contributed by atoms with Crippen LogP contribution in [0.15, 0.2) is 53.3 Å². The number of hydrogen-bond acceptors (Lipinski definition) is 6. The molecule has 0 fully saturated rings. The number of carbonyl (C=O) groups excluding carboxylic acids is 2. The van der Waals surface area contributed by atoms with E-state index in [4.69, 9.17) is 16.7 Å². The summed E-state index contributed by atoms with van der Waals surface area (Å²) in [7, 11) is 0. The average molecular weight is 610 g/mol. The monoisotopic (exact) mass is 609 g/mol. The van der Waals surface area contributed by atoms with Crippen molar-refractivity contribution < 1.29 is 46.1 Å². The van der Waals surface area contributed by atoms with Crippen molar-refractivity contribution in [1.82, 2.24) is 25.0 Å². The molecule has 17 heteroatoms. The van der Waals surface area contributed by atoms with Gasteiger partial charge in [0.05, 0.1) is 18.7 Å². The van der Waals surface area contributed by atoms with Crippen LogP contribution in [0.4, 0.5) is 26.3 Å². The van der Waals surface area contributed by atoms with Crippen LogP contribution >= 0.6 is 11.6 Å². The zero-order valence-electron chi connectivity index (χ0n) is 20.7. The van der Waals surface area contributed by atoms with E-state index in [1.165, 1.54) is 24.3 Å². The number of aliphatic hydroxyl groups is 2. The van der Waals surface area contributed by atoms with Gasteiger partial charge in [0.15, 0.2) is 11.9 Å². The Bertz CT molecular complexity index is 1440. The lowest BCUT2D eigenvalue weighted by Crippen LogP contribution is -2.43. The number of carbonyl (C=O) groups is 2. The Morgan fingerprint density at radius 2 is 1.71 bits per heavy atom. The average Bonchev–Trinajstić information content (AvgIpc) is 3.19. The van der Waals surface area contributed by atoms with E-state index in [-0.39, 0.29) is 28.5 Å². The molecule has 3 aromatic rings. The molecule has 4 N–H and O–H groups in total. The minimum absolute atomic E-state index is 0.116. The number of rotatable bonds is 10. The van der Waals surface area contributed by atoms with E-state index in [2.05, 4.69) is 15.7 Å². The molecule has 0 radical (unpaired) electrons. The van der Waals surface area contributed by atoms with E-state index in [0.29, 0.717) is 15.3 Å². The Morgan fingerprint density at radius 3 is 2.29 bits per heavy atom. The maximum Gasteiger partial charge on any atom is 0.416 e. The molecular formula is C24H22ClF6N5O5. The first kappa shape index (κ1) is 31.6. The molecule has 0 saturated heterocycles. The van der Waals surface area contributed by atoms with Gasteiger partial charge in [0.1, 0.15) is 12.6 Å². The third-order valence-corrected chi connectivity index (χ3v) is 5.83. The molecule has 1 aromatic heterocycles. The number of hydrogen-bond donors (Lipinski definition) is 4. The van der Waals surface area contributed by atoms with Crippen LogP contribution in [-0.2, 0) is 28.9 Å². The molecule has 0 aliphatic heterocycles. The lowest BCUT2D eigenvalue weighted by molar-refractivity contribution is -0.207. The second kappa shape index (κ2) is 12.7. The standard InChI is InChI=1S/C24H22ClF6N5O5/c25-16-6-4-13(5-7-16)20-34-36(22(41)35(20)11-17(38)24(29,30)31)12-18(39)33-19(21(40)32-8-9-37)14-2-1-3-15(10-14)23(26,27)28/h1-7,10,17,19,37-38H,8-9,11-12H2,(H,32,40)(H,33,39). The lowest BCUT2D eigenvalue weighted by Gasteiger charge is -2.20. The number of aliphatic hydroxyl groups excluding tert-OH is 2. The van der Waals surface area contributed by atoms with Crippen LogP contribution in [0.2, 0.25) is 5.02 Å². The van der Waals surface area contributed by atoms with Gasteiger partial charge in [-0.1, -0.05) is 23.7 Å². The summed E-state index contributed by atoms with van der Waals surface area (Å²) in [6, 6.07) is 7.20. The number of amides is 2. The Labute approximate surface area is 232 Å². The van der Waals surface area contributed by atoms with Crippen molar-refractivity contribution in [3.05, 3.63) is 75.2 Å². The van der Waals surface area contributed by atoms with Crippen LogP contribution in [0.3, 0.4) is 0 Å². The zero-order valence-corrected chi connectivity index (χ0v) is 21.5. The van der Waals surface area contributed by atoms with Crippen molar-refractivity contribution in [2.75, 3.05) is 13.2 Å². The summed E-state index contributed by atoms with van der Waals surface area (Å²) in [5, 5.41) is 27.1. The number of alkyl halides is 6. The zero-order chi connectivity index (χ0) is 30.5. The molecule has 1 heterocycles. The highest BCUT2D eigenvalue weighted by Gasteiger charge is 2.39. The molecule has 2 amide bonds. The maximum absolute atomic E-state index is 13.2. The number of halogens is 7. The number of aromatic nitrogens is 3. The van der Waals surface area contributed by atoms with Crippen LogP contribution in [0.25, 0.3) is 11.4 Å². The normalized spacial score (nSPS) is 13.5. The molecule has 2 aromatic carbocycles. The van der Waals surface area contributed by atoms with Crippen LogP contribution in [0.1, 0.15) is 17.2 Å². The first-order chi connectivity index (χ1) is 19.1. The minimum atomic E-state index is -5.09. The van der Waals surface area contributed by atoms with Crippen LogP contribution in [0.5, 0.6) is 0 Å². The van der Waals surface area contributed by atoms with Gasteiger partial charge in [-0.3, -0.25) is 14.2 Å². The maximum atomic E-state index is 13.2. The number of nitrogens with zero attached hydrogens (tertiary/aromatic N) is 3. The summed E-state index contributed by atoms with van der Waals surface area (Å²) in [5.74, 6) is -2.45. The molecule has 41 heavy (non-hydrogen) atoms. The van der Waals surface area contributed by atoms with Crippen LogP contribution in [0, 0.1) is 0 Å². The van der Waals surface area contributed by atoms with Gasteiger partial charge in [0, 0.05) is 17.1 Å². The molecule has 222 valence electrons. The van der Waals surface area contributed by atoms with Crippen molar-refractivity contribution in [2.24, 2.45) is 0 Å². The van der Waals surface area contributed by atoms with Crippen LogP contribution in [-0.4, -0.2) is 61.8 Å². The summed E-state index contributed by atoms with van der Waals surface area (Å²) in [6.07, 6.45) is -12.8. The van der Waals surface area contributed by atoms with Gasteiger partial charge in [-0.15, -0.1) is 5.10 Å². The first-order valence-corrected chi connectivity index (χ1v) is 12.0. The quantitative estimate of drug-likeness (QED) is 0.260. The lowest BCUT2D eigenvalue weighted by atomic mass is 10.0. The SMILES string of the molecule is O=C(Cn1nc(-c2ccc(Cl)cc2)n(CC(O)C(F)(F)F)c1=O)NC(C(=O)NCCO)c1cccc(C(F)(F)F)c1. The topological polar surface area (TPSA) is 138 Å². The third-order valence-electron chi connectivity index (χ3n) is 5.58. The van der Waals surface area contributed by atoms with Gasteiger partial charge < -0.3 is 20.8 Å². The first-order valence-electron chi connectivity index (χ1n) is 11.6. The van der Waals surface area contributed by atoms with E-state index < -0.39 is 67.3 Å². The Hall–Kier alpha value is -3.89. The molecule has 0 spiro atoms. The predicted molar refractivity (Wildman–Crippen MR) is 131 cm³/mol. The van der Waals surface area contributed by atoms with Crippen molar-refractivity contribution in [3.8, 4) is 11.4 Å². The molecule has 2 atom stereocenters. The van der Waals surface area contributed by atoms with E-state index >= 15 is 0 Å². The molecular weight excluding hydrogens is 588 g/mol. The Morgan fingerprint density at radius 1 is 1.05 bits per heavy atom. The second-order valence-corrected chi connectivity index (χ2v) is 9.01. The van der Waals surface area contributed by atoms with Gasteiger partial charge >= 0.3 is 18.0 Å². The predicted octanol–water partition coefficient (Wildman–Crippen LogP) is 2.27. The van der Waals surface area contributed by atoms with Crippen molar-refractivity contribution in [3.63, 3.8) is 0 Å². The summed E-state index contributed by atoms with van der Waals surface area (Å²) >= 11 is 5.83. The number of benzene rings is 2. The van der Waals surface area contributed by atoms with E-state index in [0.717, 1.165) is 18.2 Å². The Kier molecular flexibility index (Phi) is 9.83. The molecule has 3 rings (SSSR count). The van der Waals surface area contributed by atoms with Crippen molar-refractivity contribution >= 4 is 23.4 Å². The van der Waals surface area contributed by atoms with Gasteiger partial charge in [0.25, 0.3) is 0 Å². The fourth-order valence-corrected chi connectivity index (χ4v) is 3.74. The summed E-state index contributed by atoms with van der Waals surface area (Å²) in [5.41, 5.74) is -2.51. The number of nitrogens with one attached hydrogen (secondary N) is 2. The summed E-state index contributed by atoms with van der Waals surface area (Å²) < 4.78 is 79.8. The molecule has 0 aliphatic carbocycles. The second-order valence-electron chi connectivity index (χ2n) is 8.58. The van der Waals surface area contributed by atoms with Gasteiger partial charge in [-0.2, -0.15) is 26.3 Å². The largest absolute Gasteiger partial charge is 0.416 e. The molecule has 2 unspecified atom stereocenters. The van der Waals surface area contributed by atoms with Gasteiger partial charge in [-0.25, -0.2) is 9.48 Å². The fraction of sp³-hybridized carbons (Fsp3) is 0.333. The summed E-state index contributed by atoms with van der Waals surface area (Å²) in [4.78, 5) is 38.5. The van der Waals surface area contributed by atoms with E-state index in [1.807, 2.05) is 0 Å². The van der Waals surface area contributed by atoms with Gasteiger partial charge in [0.2, 0.25) is 11.8 Å². The van der Waals surface area contributed by atoms with Gasteiger partial charge in [-0.05, 0) is 42.0 Å². The highest BCUT2D eigenvalue weighted by molar-refractivity contribution is 6.30. The summed E-state index contributed by atoms with van der Waals surface area (Å²) in [6.45, 7) is -3.03. The molecule has 10 nitrogen and oxygen atoms in total. The minimum Gasteiger partial charge on any atom is -0.395 e. The van der Waals surface area contributed by atoms with Crippen molar-refractivity contribution in [1.29, 1.82) is 0 Å². The smallest absolute Gasteiger partial charge is 0.395 e. The van der Waals surface area contributed by atoms with Crippen molar-refractivity contribution in [2.45, 2.75) is 37.6 Å². The van der Waals surface area contributed by atoms with E-state index in [9.17, 15) is 45.8 Å². The van der Waals surface area contributed by atoms with E-state index in [1.54, 1.807) is 0 Å². The molecule has 0 aliphatic rings. The van der Waals surface area contributed by atoms with Crippen LogP contribution < -0.4 is 16.3 Å².